The Morgan fingerprint density at radius 1 is 1.27 bits per heavy atom. The minimum absolute atomic E-state index is 0.0801. The van der Waals surface area contributed by atoms with Crippen LogP contribution in [0.5, 0.6) is 0 Å². The van der Waals surface area contributed by atoms with Crippen LogP contribution in [0, 0.1) is 0 Å². The second-order valence-electron chi connectivity index (χ2n) is 6.84. The fraction of sp³-hybridized carbons (Fsp3) is 0.412. The van der Waals surface area contributed by atoms with Crippen LogP contribution < -0.4 is 15.4 Å². The van der Waals surface area contributed by atoms with E-state index in [1.165, 1.54) is 17.8 Å². The first-order valence-corrected chi connectivity index (χ1v) is 11.2. The molecule has 138 valence electrons. The van der Waals surface area contributed by atoms with Crippen molar-refractivity contribution < 1.29 is 13.2 Å². The summed E-state index contributed by atoms with van der Waals surface area (Å²) in [5, 5.41) is 7.36. The summed E-state index contributed by atoms with van der Waals surface area (Å²) in [5.74, 6) is -0.0801. The Hall–Kier alpha value is -1.97. The first kappa shape index (κ1) is 17.4. The van der Waals surface area contributed by atoms with Crippen molar-refractivity contribution >= 4 is 33.0 Å². The van der Waals surface area contributed by atoms with Crippen LogP contribution in [0.1, 0.15) is 28.9 Å². The van der Waals surface area contributed by atoms with Gasteiger partial charge >= 0.3 is 0 Å². The van der Waals surface area contributed by atoms with Gasteiger partial charge in [0.15, 0.2) is 0 Å². The normalized spacial score (nSPS) is 24.6. The second-order valence-corrected chi connectivity index (χ2v) is 9.62. The van der Waals surface area contributed by atoms with Gasteiger partial charge in [-0.15, -0.1) is 11.3 Å². The number of anilines is 1. The summed E-state index contributed by atoms with van der Waals surface area (Å²) < 4.78 is 24.9. The number of benzene rings is 1. The minimum Gasteiger partial charge on any atom is -0.347 e. The van der Waals surface area contributed by atoms with Gasteiger partial charge in [-0.3, -0.25) is 9.52 Å². The highest BCUT2D eigenvalue weighted by Gasteiger charge is 2.39. The number of fused-ring (bicyclic) bond motifs is 2. The maximum atomic E-state index is 12.5. The Labute approximate surface area is 156 Å². The number of thiazole rings is 1. The minimum atomic E-state index is -3.30. The Balaban J connectivity index is 1.43. The van der Waals surface area contributed by atoms with E-state index in [4.69, 9.17) is 0 Å². The van der Waals surface area contributed by atoms with Crippen molar-refractivity contribution in [2.45, 2.75) is 37.4 Å². The third kappa shape index (κ3) is 3.74. The molecule has 26 heavy (non-hydrogen) atoms. The summed E-state index contributed by atoms with van der Waals surface area (Å²) in [6.45, 7) is 0. The van der Waals surface area contributed by atoms with Crippen molar-refractivity contribution in [1.82, 2.24) is 15.6 Å². The molecule has 4 rings (SSSR count). The molecule has 1 amide bonds. The topological polar surface area (TPSA) is 100 Å². The van der Waals surface area contributed by atoms with Gasteiger partial charge in [-0.1, -0.05) is 0 Å². The number of nitrogens with zero attached hydrogens (tertiary/aromatic N) is 1. The SMILES string of the molecule is CS(=O)(=O)Nc1ccc(-c2ncc(C(=O)NC3CC4CCC3N4)s2)cc1. The van der Waals surface area contributed by atoms with Gasteiger partial charge in [-0.05, 0) is 43.5 Å². The molecule has 2 aliphatic rings. The van der Waals surface area contributed by atoms with Crippen LogP contribution in [0.3, 0.4) is 0 Å². The fourth-order valence-corrected chi connectivity index (χ4v) is 5.02. The third-order valence-corrected chi connectivity index (χ3v) is 6.43. The van der Waals surface area contributed by atoms with Gasteiger partial charge in [0.25, 0.3) is 5.91 Å². The predicted octanol–water partition coefficient (Wildman–Crippen LogP) is 1.80. The van der Waals surface area contributed by atoms with Crippen LogP contribution in [-0.4, -0.2) is 43.7 Å². The molecule has 0 spiro atoms. The number of carbonyl (C=O) groups is 1. The second kappa shape index (κ2) is 6.64. The summed E-state index contributed by atoms with van der Waals surface area (Å²) in [4.78, 5) is 17.4. The van der Waals surface area contributed by atoms with E-state index in [9.17, 15) is 13.2 Å². The largest absolute Gasteiger partial charge is 0.347 e. The lowest BCUT2D eigenvalue weighted by Crippen LogP contribution is -2.42. The summed E-state index contributed by atoms with van der Waals surface area (Å²) >= 11 is 1.33. The van der Waals surface area contributed by atoms with Crippen LogP contribution in [0.15, 0.2) is 30.5 Å². The number of carbonyl (C=O) groups excluding carboxylic acids is 1. The van der Waals surface area contributed by atoms with Crippen molar-refractivity contribution in [1.29, 1.82) is 0 Å². The zero-order chi connectivity index (χ0) is 18.3. The fourth-order valence-electron chi connectivity index (χ4n) is 3.63. The highest BCUT2D eigenvalue weighted by atomic mass is 32.2. The van der Waals surface area contributed by atoms with Gasteiger partial charge in [0.1, 0.15) is 9.88 Å². The molecule has 0 saturated carbocycles. The molecule has 3 heterocycles. The number of hydrogen-bond acceptors (Lipinski definition) is 6. The zero-order valence-electron chi connectivity index (χ0n) is 14.2. The van der Waals surface area contributed by atoms with E-state index in [0.29, 0.717) is 22.6 Å². The highest BCUT2D eigenvalue weighted by Crippen LogP contribution is 2.30. The van der Waals surface area contributed by atoms with E-state index >= 15 is 0 Å². The standard InChI is InChI=1S/C17H20N4O3S2/c1-26(23,24)21-11-4-2-10(3-5-11)17-18-9-15(25-17)16(22)20-14-8-12-6-7-13(14)19-12/h2-5,9,12-14,19,21H,6-8H2,1H3,(H,20,22). The molecule has 0 aliphatic carbocycles. The molecule has 0 radical (unpaired) electrons. The summed E-state index contributed by atoms with van der Waals surface area (Å²) in [7, 11) is -3.30. The third-order valence-electron chi connectivity index (χ3n) is 4.78. The molecule has 7 nitrogen and oxygen atoms in total. The molecule has 2 aromatic rings. The molecule has 2 fully saturated rings. The molecular formula is C17H20N4O3S2. The van der Waals surface area contributed by atoms with Crippen LogP contribution in [0.25, 0.3) is 10.6 Å². The predicted molar refractivity (Wildman–Crippen MR) is 102 cm³/mol. The molecule has 3 N–H and O–H groups in total. The van der Waals surface area contributed by atoms with Gasteiger partial charge in [0.2, 0.25) is 10.0 Å². The molecule has 9 heteroatoms. The van der Waals surface area contributed by atoms with Crippen molar-refractivity contribution in [3.63, 3.8) is 0 Å². The number of rotatable bonds is 5. The van der Waals surface area contributed by atoms with E-state index in [0.717, 1.165) is 29.7 Å². The number of nitrogens with one attached hydrogen (secondary N) is 3. The van der Waals surface area contributed by atoms with Crippen LogP contribution in [0.2, 0.25) is 0 Å². The molecule has 1 aromatic heterocycles. The van der Waals surface area contributed by atoms with Crippen LogP contribution in [0.4, 0.5) is 5.69 Å². The lowest BCUT2D eigenvalue weighted by Gasteiger charge is -2.20. The molecule has 3 unspecified atom stereocenters. The Morgan fingerprint density at radius 3 is 2.65 bits per heavy atom. The van der Waals surface area contributed by atoms with Gasteiger partial charge in [0, 0.05) is 29.4 Å². The maximum absolute atomic E-state index is 12.5. The van der Waals surface area contributed by atoms with Gasteiger partial charge in [-0.25, -0.2) is 13.4 Å². The van der Waals surface area contributed by atoms with Crippen molar-refractivity contribution in [2.75, 3.05) is 11.0 Å². The van der Waals surface area contributed by atoms with Gasteiger partial charge in [-0.2, -0.15) is 0 Å². The Morgan fingerprint density at radius 2 is 2.04 bits per heavy atom. The molecule has 2 saturated heterocycles. The lowest BCUT2D eigenvalue weighted by atomic mass is 9.95. The number of aromatic nitrogens is 1. The first-order valence-electron chi connectivity index (χ1n) is 8.48. The molecular weight excluding hydrogens is 372 g/mol. The Bertz CT molecular complexity index is 924. The van der Waals surface area contributed by atoms with Crippen molar-refractivity contribution in [2.24, 2.45) is 0 Å². The van der Waals surface area contributed by atoms with E-state index < -0.39 is 10.0 Å². The van der Waals surface area contributed by atoms with E-state index in [1.54, 1.807) is 30.5 Å². The molecule has 2 bridgehead atoms. The van der Waals surface area contributed by atoms with Crippen LogP contribution >= 0.6 is 11.3 Å². The summed E-state index contributed by atoms with van der Waals surface area (Å²) in [6, 6.07) is 8.07. The zero-order valence-corrected chi connectivity index (χ0v) is 15.9. The smallest absolute Gasteiger partial charge is 0.263 e. The van der Waals surface area contributed by atoms with E-state index in [2.05, 4.69) is 20.3 Å². The first-order chi connectivity index (χ1) is 12.4. The quantitative estimate of drug-likeness (QED) is 0.720. The number of hydrogen-bond donors (Lipinski definition) is 3. The van der Waals surface area contributed by atoms with Crippen molar-refractivity contribution in [3.8, 4) is 10.6 Å². The lowest BCUT2D eigenvalue weighted by molar-refractivity contribution is 0.0935. The van der Waals surface area contributed by atoms with E-state index in [-0.39, 0.29) is 11.9 Å². The highest BCUT2D eigenvalue weighted by molar-refractivity contribution is 7.92. The Kier molecular flexibility index (Phi) is 4.45. The monoisotopic (exact) mass is 392 g/mol. The average Bonchev–Trinajstić information content (AvgIpc) is 3.30. The molecule has 3 atom stereocenters. The molecule has 2 aliphatic heterocycles. The molecule has 1 aromatic carbocycles. The van der Waals surface area contributed by atoms with E-state index in [1.807, 2.05) is 0 Å². The van der Waals surface area contributed by atoms with Gasteiger partial charge < -0.3 is 10.6 Å². The average molecular weight is 393 g/mol. The van der Waals surface area contributed by atoms with Gasteiger partial charge in [0.05, 0.1) is 12.5 Å². The summed E-state index contributed by atoms with van der Waals surface area (Å²) in [6.07, 6.45) is 6.02. The number of sulfonamides is 1. The summed E-state index contributed by atoms with van der Waals surface area (Å²) in [5.41, 5.74) is 1.34. The number of amides is 1. The maximum Gasteiger partial charge on any atom is 0.263 e. The van der Waals surface area contributed by atoms with Crippen LogP contribution in [-0.2, 0) is 10.0 Å². The van der Waals surface area contributed by atoms with Crippen molar-refractivity contribution in [3.05, 3.63) is 35.3 Å².